The molecule has 0 aromatic heterocycles. The topological polar surface area (TPSA) is 81.5 Å². The molecular formula is C17H18N2O4. The fourth-order valence-electron chi connectivity index (χ4n) is 2.31. The maximum atomic E-state index is 12.2. The van der Waals surface area contributed by atoms with Crippen molar-refractivity contribution >= 4 is 17.3 Å². The summed E-state index contributed by atoms with van der Waals surface area (Å²) in [5.74, 6) is 0.0530. The van der Waals surface area contributed by atoms with Crippen LogP contribution >= 0.6 is 0 Å². The predicted molar refractivity (Wildman–Crippen MR) is 87.9 cm³/mol. The number of methoxy groups -OCH3 is 1. The van der Waals surface area contributed by atoms with Crippen molar-refractivity contribution in [2.24, 2.45) is 0 Å². The van der Waals surface area contributed by atoms with Gasteiger partial charge in [-0.15, -0.1) is 0 Å². The Morgan fingerprint density at radius 2 is 1.96 bits per heavy atom. The van der Waals surface area contributed by atoms with E-state index in [1.807, 2.05) is 32.0 Å². The molecule has 120 valence electrons. The fraction of sp³-hybridized carbons (Fsp3) is 0.235. The molecule has 23 heavy (non-hydrogen) atoms. The van der Waals surface area contributed by atoms with Crippen LogP contribution in [0.5, 0.6) is 5.75 Å². The zero-order valence-corrected chi connectivity index (χ0v) is 13.3. The smallest absolute Gasteiger partial charge is 0.273 e. The summed E-state index contributed by atoms with van der Waals surface area (Å²) >= 11 is 0. The van der Waals surface area contributed by atoms with E-state index in [2.05, 4.69) is 5.32 Å². The van der Waals surface area contributed by atoms with Gasteiger partial charge in [0, 0.05) is 6.07 Å². The summed E-state index contributed by atoms with van der Waals surface area (Å²) in [4.78, 5) is 22.5. The Balaban J connectivity index is 2.15. The molecule has 1 amide bonds. The lowest BCUT2D eigenvalue weighted by Gasteiger charge is -2.11. The third-order valence-electron chi connectivity index (χ3n) is 3.52. The van der Waals surface area contributed by atoms with Crippen molar-refractivity contribution in [2.45, 2.75) is 20.3 Å². The number of amides is 1. The first-order chi connectivity index (χ1) is 10.9. The largest absolute Gasteiger partial charge is 0.494 e. The van der Waals surface area contributed by atoms with Crippen LogP contribution in [-0.4, -0.2) is 17.9 Å². The highest BCUT2D eigenvalue weighted by atomic mass is 16.6. The summed E-state index contributed by atoms with van der Waals surface area (Å²) in [5.41, 5.74) is 3.45. The van der Waals surface area contributed by atoms with Crippen LogP contribution in [0.4, 0.5) is 11.4 Å². The van der Waals surface area contributed by atoms with Crippen molar-refractivity contribution in [2.75, 3.05) is 12.4 Å². The number of rotatable bonds is 5. The van der Waals surface area contributed by atoms with Gasteiger partial charge in [0.25, 0.3) is 5.69 Å². The molecule has 0 bridgehead atoms. The summed E-state index contributed by atoms with van der Waals surface area (Å²) in [6.45, 7) is 3.96. The van der Waals surface area contributed by atoms with Crippen LogP contribution in [0.1, 0.15) is 16.7 Å². The molecule has 0 fully saturated rings. The summed E-state index contributed by atoms with van der Waals surface area (Å²) in [7, 11) is 1.40. The number of carbonyl (C=O) groups is 1. The number of ether oxygens (including phenoxy) is 1. The van der Waals surface area contributed by atoms with Gasteiger partial charge >= 0.3 is 0 Å². The first-order valence-corrected chi connectivity index (χ1v) is 7.09. The van der Waals surface area contributed by atoms with E-state index in [1.165, 1.54) is 25.3 Å². The number of anilines is 1. The van der Waals surface area contributed by atoms with Gasteiger partial charge in [-0.25, -0.2) is 0 Å². The average Bonchev–Trinajstić information content (AvgIpc) is 2.50. The summed E-state index contributed by atoms with van der Waals surface area (Å²) in [5, 5.41) is 13.5. The van der Waals surface area contributed by atoms with Gasteiger partial charge in [-0.3, -0.25) is 14.9 Å². The van der Waals surface area contributed by atoms with Gasteiger partial charge < -0.3 is 10.1 Å². The van der Waals surface area contributed by atoms with Crippen LogP contribution < -0.4 is 10.1 Å². The standard InChI is InChI=1S/C17H18N2O4/c1-11-4-5-13(12(2)8-11)9-17(20)18-15-7-6-14(19(21)22)10-16(15)23-3/h4-8,10H,9H2,1-3H3,(H,18,20). The van der Waals surface area contributed by atoms with Gasteiger partial charge in [0.15, 0.2) is 0 Å². The third kappa shape index (κ3) is 4.06. The van der Waals surface area contributed by atoms with E-state index in [0.717, 1.165) is 16.7 Å². The van der Waals surface area contributed by atoms with Crippen molar-refractivity contribution in [1.29, 1.82) is 0 Å². The Hall–Kier alpha value is -2.89. The molecule has 1 N–H and O–H groups in total. The highest BCUT2D eigenvalue weighted by Gasteiger charge is 2.14. The first kappa shape index (κ1) is 16.5. The summed E-state index contributed by atoms with van der Waals surface area (Å²) < 4.78 is 5.11. The molecule has 0 saturated carbocycles. The lowest BCUT2D eigenvalue weighted by molar-refractivity contribution is -0.384. The molecule has 0 aliphatic heterocycles. The number of carbonyl (C=O) groups excluding carboxylic acids is 1. The van der Waals surface area contributed by atoms with Gasteiger partial charge in [0.05, 0.1) is 30.2 Å². The van der Waals surface area contributed by atoms with Gasteiger partial charge in [0.1, 0.15) is 5.75 Å². The van der Waals surface area contributed by atoms with Crippen molar-refractivity contribution in [3.63, 3.8) is 0 Å². The normalized spacial score (nSPS) is 10.2. The number of aryl methyl sites for hydroxylation is 2. The Morgan fingerprint density at radius 3 is 2.57 bits per heavy atom. The molecular weight excluding hydrogens is 296 g/mol. The van der Waals surface area contributed by atoms with Crippen LogP contribution in [0.25, 0.3) is 0 Å². The minimum Gasteiger partial charge on any atom is -0.494 e. The number of nitrogens with one attached hydrogen (secondary N) is 1. The molecule has 0 aliphatic carbocycles. The molecule has 0 aliphatic rings. The molecule has 6 nitrogen and oxygen atoms in total. The highest BCUT2D eigenvalue weighted by Crippen LogP contribution is 2.29. The van der Waals surface area contributed by atoms with Crippen LogP contribution in [-0.2, 0) is 11.2 Å². The number of hydrogen-bond donors (Lipinski definition) is 1. The van der Waals surface area contributed by atoms with Gasteiger partial charge in [-0.2, -0.15) is 0 Å². The second-order valence-electron chi connectivity index (χ2n) is 5.30. The summed E-state index contributed by atoms with van der Waals surface area (Å²) in [6.07, 6.45) is 0.228. The SMILES string of the molecule is COc1cc([N+](=O)[O-])ccc1NC(=O)Cc1ccc(C)cc1C. The lowest BCUT2D eigenvalue weighted by atomic mass is 10.0. The second-order valence-corrected chi connectivity index (χ2v) is 5.30. The van der Waals surface area contributed by atoms with E-state index >= 15 is 0 Å². The van der Waals surface area contributed by atoms with Crippen LogP contribution in [0, 0.1) is 24.0 Å². The molecule has 0 unspecified atom stereocenters. The minimum absolute atomic E-state index is 0.0887. The van der Waals surface area contributed by atoms with Crippen molar-refractivity contribution in [3.8, 4) is 5.75 Å². The fourth-order valence-corrected chi connectivity index (χ4v) is 2.31. The minimum atomic E-state index is -0.510. The Bertz CT molecular complexity index is 756. The molecule has 2 rings (SSSR count). The molecule has 6 heteroatoms. The number of nitro benzene ring substituents is 1. The predicted octanol–water partition coefficient (Wildman–Crippen LogP) is 3.40. The Morgan fingerprint density at radius 1 is 1.22 bits per heavy atom. The van der Waals surface area contributed by atoms with Crippen LogP contribution in [0.15, 0.2) is 36.4 Å². The zero-order valence-electron chi connectivity index (χ0n) is 13.3. The van der Waals surface area contributed by atoms with E-state index in [1.54, 1.807) is 0 Å². The molecule has 2 aromatic carbocycles. The van der Waals surface area contributed by atoms with Crippen molar-refractivity contribution in [3.05, 3.63) is 63.2 Å². The number of hydrogen-bond acceptors (Lipinski definition) is 4. The van der Waals surface area contributed by atoms with E-state index in [0.29, 0.717) is 5.69 Å². The average molecular weight is 314 g/mol. The second kappa shape index (κ2) is 6.91. The molecule has 0 saturated heterocycles. The van der Waals surface area contributed by atoms with E-state index in [-0.39, 0.29) is 23.8 Å². The van der Waals surface area contributed by atoms with E-state index in [4.69, 9.17) is 4.74 Å². The monoisotopic (exact) mass is 314 g/mol. The van der Waals surface area contributed by atoms with Crippen molar-refractivity contribution in [1.82, 2.24) is 0 Å². The first-order valence-electron chi connectivity index (χ1n) is 7.09. The molecule has 0 spiro atoms. The molecule has 0 radical (unpaired) electrons. The lowest BCUT2D eigenvalue weighted by Crippen LogP contribution is -2.15. The van der Waals surface area contributed by atoms with E-state index < -0.39 is 4.92 Å². The number of nitrogens with zero attached hydrogens (tertiary/aromatic N) is 1. The quantitative estimate of drug-likeness (QED) is 0.677. The summed E-state index contributed by atoms with van der Waals surface area (Å²) in [6, 6.07) is 9.99. The zero-order chi connectivity index (χ0) is 17.0. The van der Waals surface area contributed by atoms with Gasteiger partial charge in [-0.1, -0.05) is 23.8 Å². The Labute approximate surface area is 134 Å². The van der Waals surface area contributed by atoms with Crippen LogP contribution in [0.2, 0.25) is 0 Å². The maximum Gasteiger partial charge on any atom is 0.273 e. The number of non-ortho nitro benzene ring substituents is 1. The Kier molecular flexibility index (Phi) is 4.95. The maximum absolute atomic E-state index is 12.2. The molecule has 2 aromatic rings. The van der Waals surface area contributed by atoms with Gasteiger partial charge in [0.2, 0.25) is 5.91 Å². The molecule has 0 heterocycles. The number of benzene rings is 2. The highest BCUT2D eigenvalue weighted by molar-refractivity contribution is 5.94. The van der Waals surface area contributed by atoms with Crippen LogP contribution in [0.3, 0.4) is 0 Å². The van der Waals surface area contributed by atoms with Gasteiger partial charge in [-0.05, 0) is 31.0 Å². The number of nitro groups is 1. The molecule has 0 atom stereocenters. The third-order valence-corrected chi connectivity index (χ3v) is 3.52. The van der Waals surface area contributed by atoms with E-state index in [9.17, 15) is 14.9 Å². The van der Waals surface area contributed by atoms with Crippen molar-refractivity contribution < 1.29 is 14.5 Å².